The number of hydrogen-bond acceptors (Lipinski definition) is 4. The first-order valence-corrected chi connectivity index (χ1v) is 11.2. The topological polar surface area (TPSA) is 61.4 Å². The number of halogens is 1. The molecule has 2 N–H and O–H groups in total. The molecule has 0 aliphatic carbocycles. The molecule has 2 amide bonds. The number of amides is 2. The van der Waals surface area contributed by atoms with Gasteiger partial charge in [0.1, 0.15) is 0 Å². The molecule has 3 heterocycles. The SMILES string of the molecule is Cc1cc(CCCC(=O)N2CCCC(CNC(=O)C3CCCN3)C2)c(C)s1.Cl. The van der Waals surface area contributed by atoms with Gasteiger partial charge in [-0.3, -0.25) is 9.59 Å². The van der Waals surface area contributed by atoms with Gasteiger partial charge in [0, 0.05) is 35.8 Å². The highest BCUT2D eigenvalue weighted by Crippen LogP contribution is 2.23. The molecule has 7 heteroatoms. The molecule has 0 spiro atoms. The monoisotopic (exact) mass is 427 g/mol. The van der Waals surface area contributed by atoms with Crippen molar-refractivity contribution in [1.29, 1.82) is 0 Å². The van der Waals surface area contributed by atoms with Crippen molar-refractivity contribution >= 4 is 35.6 Å². The van der Waals surface area contributed by atoms with E-state index in [0.717, 1.165) is 58.2 Å². The Bertz CT molecular complexity index is 658. The van der Waals surface area contributed by atoms with Gasteiger partial charge in [0.25, 0.3) is 0 Å². The maximum atomic E-state index is 12.6. The zero-order valence-corrected chi connectivity index (χ0v) is 18.7. The van der Waals surface area contributed by atoms with Crippen LogP contribution in [0.2, 0.25) is 0 Å². The lowest BCUT2D eigenvalue weighted by atomic mass is 9.97. The standard InChI is InChI=1S/C21H33N3O2S.ClH/c1-15-12-18(16(2)27-15)7-3-9-20(25)24-11-5-6-17(14-24)13-23-21(26)19-8-4-10-22-19;/h12,17,19,22H,3-11,13-14H2,1-2H3,(H,23,26);1H. The fourth-order valence-corrected chi connectivity index (χ4v) is 5.23. The highest BCUT2D eigenvalue weighted by molar-refractivity contribution is 7.12. The van der Waals surface area contributed by atoms with Crippen molar-refractivity contribution in [3.05, 3.63) is 21.4 Å². The number of thiophene rings is 1. The quantitative estimate of drug-likeness (QED) is 0.702. The Kier molecular flexibility index (Phi) is 9.25. The smallest absolute Gasteiger partial charge is 0.237 e. The molecule has 0 aromatic carbocycles. The number of piperidine rings is 1. The van der Waals surface area contributed by atoms with Crippen LogP contribution in [0.4, 0.5) is 0 Å². The van der Waals surface area contributed by atoms with Crippen LogP contribution in [0.3, 0.4) is 0 Å². The lowest BCUT2D eigenvalue weighted by Gasteiger charge is -2.33. The van der Waals surface area contributed by atoms with Crippen LogP contribution in [0, 0.1) is 19.8 Å². The molecule has 3 rings (SSSR count). The van der Waals surface area contributed by atoms with Crippen LogP contribution in [-0.2, 0) is 16.0 Å². The third-order valence-electron chi connectivity index (χ3n) is 5.79. The summed E-state index contributed by atoms with van der Waals surface area (Å²) >= 11 is 1.84. The van der Waals surface area contributed by atoms with Crippen LogP contribution in [0.5, 0.6) is 0 Å². The van der Waals surface area contributed by atoms with Crippen LogP contribution < -0.4 is 10.6 Å². The zero-order valence-electron chi connectivity index (χ0n) is 17.1. The summed E-state index contributed by atoms with van der Waals surface area (Å²) < 4.78 is 0. The molecule has 0 radical (unpaired) electrons. The molecule has 2 atom stereocenters. The van der Waals surface area contributed by atoms with Crippen LogP contribution in [-0.4, -0.2) is 48.9 Å². The second kappa shape index (κ2) is 11.2. The summed E-state index contributed by atoms with van der Waals surface area (Å²) in [5.74, 6) is 0.778. The Labute approximate surface area is 179 Å². The van der Waals surface area contributed by atoms with Gasteiger partial charge in [-0.15, -0.1) is 23.7 Å². The first kappa shape index (κ1) is 23.2. The van der Waals surface area contributed by atoms with Gasteiger partial charge in [-0.25, -0.2) is 0 Å². The fraction of sp³-hybridized carbons (Fsp3) is 0.714. The van der Waals surface area contributed by atoms with Gasteiger partial charge < -0.3 is 15.5 Å². The number of hydrogen-bond donors (Lipinski definition) is 2. The summed E-state index contributed by atoms with van der Waals surface area (Å²) in [6, 6.07) is 2.24. The van der Waals surface area contributed by atoms with Crippen LogP contribution in [0.1, 0.15) is 53.8 Å². The van der Waals surface area contributed by atoms with Crippen LogP contribution >= 0.6 is 23.7 Å². The first-order valence-electron chi connectivity index (χ1n) is 10.4. The number of rotatable bonds is 7. The van der Waals surface area contributed by atoms with E-state index >= 15 is 0 Å². The molecule has 2 saturated heterocycles. The molecule has 2 aliphatic rings. The largest absolute Gasteiger partial charge is 0.354 e. The predicted octanol–water partition coefficient (Wildman–Crippen LogP) is 3.22. The molecule has 0 bridgehead atoms. The summed E-state index contributed by atoms with van der Waals surface area (Å²) in [7, 11) is 0. The molecular formula is C21H34ClN3O2S. The average Bonchev–Trinajstić information content (AvgIpc) is 3.30. The molecule has 2 unspecified atom stereocenters. The Morgan fingerprint density at radius 1 is 1.29 bits per heavy atom. The maximum Gasteiger partial charge on any atom is 0.237 e. The lowest BCUT2D eigenvalue weighted by Crippen LogP contribution is -2.46. The Balaban J connectivity index is 0.00000280. The number of carbonyl (C=O) groups excluding carboxylic acids is 2. The number of nitrogens with zero attached hydrogens (tertiary/aromatic N) is 1. The van der Waals surface area contributed by atoms with Gasteiger partial charge in [-0.05, 0) is 76.5 Å². The third-order valence-corrected chi connectivity index (χ3v) is 6.80. The first-order chi connectivity index (χ1) is 13.0. The molecule has 158 valence electrons. The minimum atomic E-state index is -0.0180. The van der Waals surface area contributed by atoms with E-state index in [0.29, 0.717) is 18.9 Å². The van der Waals surface area contributed by atoms with E-state index in [-0.39, 0.29) is 30.3 Å². The van der Waals surface area contributed by atoms with E-state index < -0.39 is 0 Å². The van der Waals surface area contributed by atoms with Crippen LogP contribution in [0.15, 0.2) is 6.07 Å². The molecule has 2 fully saturated rings. The minimum Gasteiger partial charge on any atom is -0.354 e. The van der Waals surface area contributed by atoms with Gasteiger partial charge in [0.05, 0.1) is 6.04 Å². The van der Waals surface area contributed by atoms with E-state index in [4.69, 9.17) is 0 Å². The van der Waals surface area contributed by atoms with Crippen molar-refractivity contribution < 1.29 is 9.59 Å². The fourth-order valence-electron chi connectivity index (χ4n) is 4.25. The van der Waals surface area contributed by atoms with Crippen molar-refractivity contribution in [3.63, 3.8) is 0 Å². The zero-order chi connectivity index (χ0) is 19.2. The molecular weight excluding hydrogens is 394 g/mol. The van der Waals surface area contributed by atoms with Crippen molar-refractivity contribution in [3.8, 4) is 0 Å². The molecule has 1 aromatic heterocycles. The van der Waals surface area contributed by atoms with E-state index in [1.165, 1.54) is 15.3 Å². The molecule has 28 heavy (non-hydrogen) atoms. The van der Waals surface area contributed by atoms with Gasteiger partial charge >= 0.3 is 0 Å². The summed E-state index contributed by atoms with van der Waals surface area (Å²) in [5.41, 5.74) is 1.39. The van der Waals surface area contributed by atoms with E-state index in [1.807, 2.05) is 16.2 Å². The van der Waals surface area contributed by atoms with Gasteiger partial charge in [-0.1, -0.05) is 0 Å². The number of carbonyl (C=O) groups is 2. The second-order valence-electron chi connectivity index (χ2n) is 8.03. The summed E-state index contributed by atoms with van der Waals surface area (Å²) in [4.78, 5) is 29.5. The third kappa shape index (κ3) is 6.46. The molecule has 5 nitrogen and oxygen atoms in total. The Morgan fingerprint density at radius 3 is 2.79 bits per heavy atom. The molecule has 2 aliphatic heterocycles. The van der Waals surface area contributed by atoms with Crippen molar-refractivity contribution in [2.75, 3.05) is 26.2 Å². The van der Waals surface area contributed by atoms with Crippen molar-refractivity contribution in [2.24, 2.45) is 5.92 Å². The average molecular weight is 428 g/mol. The Hall–Kier alpha value is -1.11. The highest BCUT2D eigenvalue weighted by atomic mass is 35.5. The summed E-state index contributed by atoms with van der Waals surface area (Å²) in [6.45, 7) is 7.58. The minimum absolute atomic E-state index is 0. The maximum absolute atomic E-state index is 12.6. The molecule has 1 aromatic rings. The van der Waals surface area contributed by atoms with Crippen LogP contribution in [0.25, 0.3) is 0 Å². The Morgan fingerprint density at radius 2 is 2.11 bits per heavy atom. The van der Waals surface area contributed by atoms with E-state index in [1.54, 1.807) is 0 Å². The normalized spacial score (nSPS) is 22.0. The van der Waals surface area contributed by atoms with Gasteiger partial charge in [0.15, 0.2) is 0 Å². The summed E-state index contributed by atoms with van der Waals surface area (Å²) in [6.07, 6.45) is 6.68. The molecule has 0 saturated carbocycles. The number of nitrogens with one attached hydrogen (secondary N) is 2. The number of likely N-dealkylation sites (tertiary alicyclic amines) is 1. The predicted molar refractivity (Wildman–Crippen MR) is 117 cm³/mol. The highest BCUT2D eigenvalue weighted by Gasteiger charge is 2.26. The van der Waals surface area contributed by atoms with Crippen molar-refractivity contribution in [1.82, 2.24) is 15.5 Å². The van der Waals surface area contributed by atoms with Gasteiger partial charge in [0.2, 0.25) is 11.8 Å². The summed E-state index contributed by atoms with van der Waals surface area (Å²) in [5, 5.41) is 6.33. The van der Waals surface area contributed by atoms with E-state index in [9.17, 15) is 9.59 Å². The number of aryl methyl sites for hydroxylation is 3. The van der Waals surface area contributed by atoms with E-state index in [2.05, 4.69) is 30.5 Å². The van der Waals surface area contributed by atoms with Gasteiger partial charge in [-0.2, -0.15) is 0 Å². The lowest BCUT2D eigenvalue weighted by molar-refractivity contribution is -0.133. The second-order valence-corrected chi connectivity index (χ2v) is 9.49. The van der Waals surface area contributed by atoms with Crippen molar-refractivity contribution in [2.45, 2.75) is 64.8 Å².